The molecule has 0 saturated carbocycles. The number of aryl methyl sites for hydroxylation is 1. The van der Waals surface area contributed by atoms with Crippen molar-refractivity contribution >= 4 is 11.9 Å². The summed E-state index contributed by atoms with van der Waals surface area (Å²) in [5, 5.41) is 12.2. The van der Waals surface area contributed by atoms with Crippen LogP contribution in [0.1, 0.15) is 59.8 Å². The van der Waals surface area contributed by atoms with E-state index in [0.717, 1.165) is 23.1 Å². The number of rotatable bonds is 10. The van der Waals surface area contributed by atoms with E-state index in [9.17, 15) is 9.59 Å². The molecule has 0 bridgehead atoms. The van der Waals surface area contributed by atoms with Crippen LogP contribution in [-0.2, 0) is 22.6 Å². The molecule has 2 rings (SSSR count). The largest absolute Gasteiger partial charge is 0.481 e. The summed E-state index contributed by atoms with van der Waals surface area (Å²) in [5.41, 5.74) is 3.19. The second-order valence-corrected chi connectivity index (χ2v) is 7.38. The van der Waals surface area contributed by atoms with Gasteiger partial charge in [-0.05, 0) is 41.5 Å². The number of aliphatic carboxylic acids is 1. The number of carbonyl (C=O) groups is 2. The molecule has 0 spiro atoms. The Morgan fingerprint density at radius 2 is 1.82 bits per heavy atom. The number of carbonyl (C=O) groups excluding carboxylic acids is 1. The molecule has 0 aromatic heterocycles. The first-order chi connectivity index (χ1) is 13.4. The highest BCUT2D eigenvalue weighted by Crippen LogP contribution is 2.23. The van der Waals surface area contributed by atoms with Crippen LogP contribution in [0.25, 0.3) is 0 Å². The quantitative estimate of drug-likeness (QED) is 0.639. The highest BCUT2D eigenvalue weighted by molar-refractivity contribution is 5.96. The van der Waals surface area contributed by atoms with Gasteiger partial charge in [-0.2, -0.15) is 0 Å². The van der Waals surface area contributed by atoms with E-state index in [4.69, 9.17) is 9.84 Å². The average molecular weight is 383 g/mol. The minimum absolute atomic E-state index is 0.0159. The minimum atomic E-state index is -0.880. The van der Waals surface area contributed by atoms with E-state index in [0.29, 0.717) is 24.5 Å². The molecule has 2 N–H and O–H groups in total. The van der Waals surface area contributed by atoms with Crippen LogP contribution in [0.15, 0.2) is 48.5 Å². The van der Waals surface area contributed by atoms with E-state index in [2.05, 4.69) is 19.2 Å². The first-order valence-electron chi connectivity index (χ1n) is 9.59. The fraction of sp³-hybridized carbons (Fsp3) is 0.391. The summed E-state index contributed by atoms with van der Waals surface area (Å²) < 4.78 is 5.18. The second-order valence-electron chi connectivity index (χ2n) is 7.38. The molecule has 0 fully saturated rings. The lowest BCUT2D eigenvalue weighted by Crippen LogP contribution is -2.30. The number of amides is 1. The Kier molecular flexibility index (Phi) is 8.20. The third-order valence-corrected chi connectivity index (χ3v) is 4.55. The van der Waals surface area contributed by atoms with Crippen LogP contribution in [0.5, 0.6) is 0 Å². The lowest BCUT2D eigenvalue weighted by Gasteiger charge is -2.22. The lowest BCUT2D eigenvalue weighted by molar-refractivity contribution is -0.136. The monoisotopic (exact) mass is 383 g/mol. The zero-order valence-corrected chi connectivity index (χ0v) is 16.8. The van der Waals surface area contributed by atoms with Gasteiger partial charge in [-0.1, -0.05) is 56.3 Å². The van der Waals surface area contributed by atoms with Crippen molar-refractivity contribution in [3.63, 3.8) is 0 Å². The Labute approximate surface area is 166 Å². The molecule has 28 heavy (non-hydrogen) atoms. The van der Waals surface area contributed by atoms with Crippen molar-refractivity contribution in [3.05, 3.63) is 70.8 Å². The molecule has 5 nitrogen and oxygen atoms in total. The standard InChI is InChI=1S/C23H29NO4/c1-16(2)13-21(19-7-5-4-6-8-19)24-23(27)20-14-17(15-28-3)9-10-18(20)11-12-22(25)26/h4-10,14,16,21H,11-13,15H2,1-3H3,(H,24,27)(H,25,26). The topological polar surface area (TPSA) is 75.6 Å². The van der Waals surface area contributed by atoms with E-state index < -0.39 is 5.97 Å². The van der Waals surface area contributed by atoms with Gasteiger partial charge in [0.15, 0.2) is 0 Å². The molecular formula is C23H29NO4. The van der Waals surface area contributed by atoms with Gasteiger partial charge in [0.1, 0.15) is 0 Å². The summed E-state index contributed by atoms with van der Waals surface area (Å²) in [5.74, 6) is -0.654. The molecule has 2 aromatic rings. The number of hydrogen-bond acceptors (Lipinski definition) is 3. The van der Waals surface area contributed by atoms with Crippen LogP contribution in [0.3, 0.4) is 0 Å². The average Bonchev–Trinajstić information content (AvgIpc) is 2.66. The summed E-state index contributed by atoms with van der Waals surface area (Å²) >= 11 is 0. The van der Waals surface area contributed by atoms with Crippen molar-refractivity contribution < 1.29 is 19.4 Å². The maximum Gasteiger partial charge on any atom is 0.303 e. The number of carboxylic acid groups (broad SMARTS) is 1. The Bertz CT molecular complexity index is 786. The molecule has 0 aliphatic carbocycles. The Balaban J connectivity index is 2.30. The fourth-order valence-corrected chi connectivity index (χ4v) is 3.22. The summed E-state index contributed by atoms with van der Waals surface area (Å²) in [7, 11) is 1.60. The third-order valence-electron chi connectivity index (χ3n) is 4.55. The summed E-state index contributed by atoms with van der Waals surface area (Å²) in [6, 6.07) is 15.3. The van der Waals surface area contributed by atoms with E-state index in [1.54, 1.807) is 13.2 Å². The molecule has 0 heterocycles. The summed E-state index contributed by atoms with van der Waals surface area (Å²) in [6.07, 6.45) is 1.11. The van der Waals surface area contributed by atoms with Crippen LogP contribution in [0, 0.1) is 5.92 Å². The lowest BCUT2D eigenvalue weighted by atomic mass is 9.95. The highest BCUT2D eigenvalue weighted by Gasteiger charge is 2.20. The number of benzene rings is 2. The number of nitrogens with one attached hydrogen (secondary N) is 1. The summed E-state index contributed by atoms with van der Waals surface area (Å²) in [6.45, 7) is 4.65. The van der Waals surface area contributed by atoms with Crippen molar-refractivity contribution in [2.24, 2.45) is 5.92 Å². The molecular weight excluding hydrogens is 354 g/mol. The van der Waals surface area contributed by atoms with Crippen LogP contribution in [0.2, 0.25) is 0 Å². The molecule has 150 valence electrons. The first kappa shape index (κ1) is 21.6. The molecule has 1 amide bonds. The number of carboxylic acids is 1. The maximum absolute atomic E-state index is 13.1. The van der Waals surface area contributed by atoms with Gasteiger partial charge in [-0.3, -0.25) is 9.59 Å². The van der Waals surface area contributed by atoms with Gasteiger partial charge in [0.05, 0.1) is 12.6 Å². The summed E-state index contributed by atoms with van der Waals surface area (Å²) in [4.78, 5) is 24.1. The van der Waals surface area contributed by atoms with E-state index in [1.165, 1.54) is 0 Å². The van der Waals surface area contributed by atoms with Crippen LogP contribution in [-0.4, -0.2) is 24.1 Å². The molecule has 0 aliphatic heterocycles. The third kappa shape index (κ3) is 6.50. The number of hydrogen-bond donors (Lipinski definition) is 2. The van der Waals surface area contributed by atoms with Crippen molar-refractivity contribution in [1.29, 1.82) is 0 Å². The number of ether oxygens (including phenoxy) is 1. The highest BCUT2D eigenvalue weighted by atomic mass is 16.5. The molecule has 5 heteroatoms. The molecule has 1 atom stereocenters. The van der Waals surface area contributed by atoms with Crippen molar-refractivity contribution in [2.45, 2.75) is 45.8 Å². The predicted molar refractivity (Wildman–Crippen MR) is 109 cm³/mol. The molecule has 0 saturated heterocycles. The van der Waals surface area contributed by atoms with Gasteiger partial charge >= 0.3 is 5.97 Å². The van der Waals surface area contributed by atoms with Gasteiger partial charge in [0.2, 0.25) is 0 Å². The second kappa shape index (κ2) is 10.6. The van der Waals surface area contributed by atoms with Crippen LogP contribution in [0.4, 0.5) is 0 Å². The van der Waals surface area contributed by atoms with Gasteiger partial charge in [-0.25, -0.2) is 0 Å². The zero-order valence-electron chi connectivity index (χ0n) is 16.8. The predicted octanol–water partition coefficient (Wildman–Crippen LogP) is 4.37. The number of methoxy groups -OCH3 is 1. The van der Waals surface area contributed by atoms with E-state index in [1.807, 2.05) is 42.5 Å². The molecule has 2 aromatic carbocycles. The molecule has 1 unspecified atom stereocenters. The minimum Gasteiger partial charge on any atom is -0.481 e. The van der Waals surface area contributed by atoms with Crippen LogP contribution >= 0.6 is 0 Å². The maximum atomic E-state index is 13.1. The normalized spacial score (nSPS) is 12.0. The van der Waals surface area contributed by atoms with Crippen molar-refractivity contribution in [3.8, 4) is 0 Å². The van der Waals surface area contributed by atoms with Crippen molar-refractivity contribution in [2.75, 3.05) is 7.11 Å². The van der Waals surface area contributed by atoms with Gasteiger partial charge in [-0.15, -0.1) is 0 Å². The van der Waals surface area contributed by atoms with Gasteiger partial charge < -0.3 is 15.2 Å². The van der Waals surface area contributed by atoms with Gasteiger partial charge in [0, 0.05) is 19.1 Å². The SMILES string of the molecule is COCc1ccc(CCC(=O)O)c(C(=O)NC(CC(C)C)c2ccccc2)c1. The first-order valence-corrected chi connectivity index (χ1v) is 9.59. The smallest absolute Gasteiger partial charge is 0.303 e. The van der Waals surface area contributed by atoms with Crippen molar-refractivity contribution in [1.82, 2.24) is 5.32 Å². The van der Waals surface area contributed by atoms with Crippen LogP contribution < -0.4 is 5.32 Å². The Morgan fingerprint density at radius 1 is 1.11 bits per heavy atom. The zero-order chi connectivity index (χ0) is 20.5. The Hall–Kier alpha value is -2.66. The van der Waals surface area contributed by atoms with E-state index >= 15 is 0 Å². The van der Waals surface area contributed by atoms with Gasteiger partial charge in [0.25, 0.3) is 5.91 Å². The molecule has 0 radical (unpaired) electrons. The Morgan fingerprint density at radius 3 is 2.43 bits per heavy atom. The van der Waals surface area contributed by atoms with E-state index in [-0.39, 0.29) is 18.4 Å². The fourth-order valence-electron chi connectivity index (χ4n) is 3.22. The molecule has 0 aliphatic rings.